The van der Waals surface area contributed by atoms with Gasteiger partial charge in [-0.15, -0.1) is 0 Å². The van der Waals surface area contributed by atoms with Gasteiger partial charge in [-0.1, -0.05) is 29.3 Å². The highest BCUT2D eigenvalue weighted by atomic mass is 35.5. The normalized spacial score (nSPS) is 10.7. The number of nitrogens with one attached hydrogen (secondary N) is 1. The van der Waals surface area contributed by atoms with Crippen LogP contribution in [0.15, 0.2) is 36.4 Å². The second-order valence-corrected chi connectivity index (χ2v) is 6.87. The summed E-state index contributed by atoms with van der Waals surface area (Å²) in [5.41, 5.74) is 2.89. The molecule has 7 heteroatoms. The Morgan fingerprint density at radius 2 is 1.89 bits per heavy atom. The van der Waals surface area contributed by atoms with E-state index in [1.54, 1.807) is 19.2 Å². The summed E-state index contributed by atoms with van der Waals surface area (Å²) in [4.78, 5) is 16.8. The highest BCUT2D eigenvalue weighted by Gasteiger charge is 2.15. The fraction of sp³-hybridized carbons (Fsp3) is 0.200. The van der Waals surface area contributed by atoms with Gasteiger partial charge in [0.05, 0.1) is 22.8 Å². The standard InChI is InChI=1S/C20H18Cl2N2O3/c1-11-4-7-17(26-3)16(8-11)24-18(25)10-27-20-15(22)9-14(21)13-6-5-12(2)23-19(13)20/h4-9H,10H2,1-3H3,(H,24,25). The number of rotatable bonds is 5. The van der Waals surface area contributed by atoms with Gasteiger partial charge in [-0.2, -0.15) is 0 Å². The van der Waals surface area contributed by atoms with Gasteiger partial charge >= 0.3 is 0 Å². The first kappa shape index (κ1) is 19.3. The summed E-state index contributed by atoms with van der Waals surface area (Å²) >= 11 is 12.5. The lowest BCUT2D eigenvalue weighted by Gasteiger charge is -2.14. The van der Waals surface area contributed by atoms with E-state index in [2.05, 4.69) is 10.3 Å². The Morgan fingerprint density at radius 3 is 2.63 bits per heavy atom. The number of halogens is 2. The largest absolute Gasteiger partial charge is 0.495 e. The van der Waals surface area contributed by atoms with Crippen LogP contribution in [0.2, 0.25) is 10.0 Å². The molecule has 1 aromatic heterocycles. The van der Waals surface area contributed by atoms with Crippen LogP contribution in [0.3, 0.4) is 0 Å². The number of hydrogen-bond donors (Lipinski definition) is 1. The highest BCUT2D eigenvalue weighted by molar-refractivity contribution is 6.39. The van der Waals surface area contributed by atoms with Crippen LogP contribution in [0.1, 0.15) is 11.3 Å². The molecule has 3 aromatic rings. The number of amides is 1. The number of ether oxygens (including phenoxy) is 2. The zero-order valence-electron chi connectivity index (χ0n) is 15.1. The van der Waals surface area contributed by atoms with Crippen LogP contribution < -0.4 is 14.8 Å². The summed E-state index contributed by atoms with van der Waals surface area (Å²) in [5, 5.41) is 4.27. The maximum absolute atomic E-state index is 12.4. The molecule has 27 heavy (non-hydrogen) atoms. The molecular formula is C20H18Cl2N2O3. The smallest absolute Gasteiger partial charge is 0.262 e. The molecule has 0 spiro atoms. The SMILES string of the molecule is COc1ccc(C)cc1NC(=O)COc1c(Cl)cc(Cl)c2ccc(C)nc12. The maximum atomic E-state index is 12.4. The van der Waals surface area contributed by atoms with Crippen molar-refractivity contribution >= 4 is 45.7 Å². The number of pyridine rings is 1. The lowest BCUT2D eigenvalue weighted by atomic mass is 10.2. The number of nitrogens with zero attached hydrogens (tertiary/aromatic N) is 1. The van der Waals surface area contributed by atoms with Crippen LogP contribution in [0, 0.1) is 13.8 Å². The summed E-state index contributed by atoms with van der Waals surface area (Å²) in [5.74, 6) is 0.554. The zero-order valence-corrected chi connectivity index (χ0v) is 16.6. The molecule has 0 radical (unpaired) electrons. The predicted octanol–water partition coefficient (Wildman–Crippen LogP) is 5.18. The molecule has 1 amide bonds. The molecule has 5 nitrogen and oxygen atoms in total. The summed E-state index contributed by atoms with van der Waals surface area (Å²) in [6.07, 6.45) is 0. The van der Waals surface area contributed by atoms with E-state index >= 15 is 0 Å². The van der Waals surface area contributed by atoms with Crippen LogP contribution in [0.5, 0.6) is 11.5 Å². The van der Waals surface area contributed by atoms with Gasteiger partial charge in [0, 0.05) is 11.1 Å². The fourth-order valence-corrected chi connectivity index (χ4v) is 3.24. The summed E-state index contributed by atoms with van der Waals surface area (Å²) in [6.45, 7) is 3.55. The molecule has 2 aromatic carbocycles. The van der Waals surface area contributed by atoms with Crippen molar-refractivity contribution in [2.24, 2.45) is 0 Å². The highest BCUT2D eigenvalue weighted by Crippen LogP contribution is 2.37. The van der Waals surface area contributed by atoms with E-state index in [9.17, 15) is 4.79 Å². The molecular weight excluding hydrogens is 387 g/mol. The number of aryl methyl sites for hydroxylation is 2. The number of hydrogen-bond acceptors (Lipinski definition) is 4. The molecule has 0 bridgehead atoms. The van der Waals surface area contributed by atoms with Crippen molar-refractivity contribution in [2.75, 3.05) is 19.0 Å². The molecule has 0 atom stereocenters. The van der Waals surface area contributed by atoms with Crippen molar-refractivity contribution in [1.29, 1.82) is 0 Å². The van der Waals surface area contributed by atoms with Gasteiger partial charge in [0.15, 0.2) is 12.4 Å². The van der Waals surface area contributed by atoms with Gasteiger partial charge < -0.3 is 14.8 Å². The average molecular weight is 405 g/mol. The van der Waals surface area contributed by atoms with E-state index in [-0.39, 0.29) is 12.5 Å². The second kappa shape index (κ2) is 8.03. The lowest BCUT2D eigenvalue weighted by Crippen LogP contribution is -2.21. The summed E-state index contributed by atoms with van der Waals surface area (Å²) in [7, 11) is 1.55. The Kier molecular flexibility index (Phi) is 5.73. The van der Waals surface area contributed by atoms with Gasteiger partial charge in [0.1, 0.15) is 11.3 Å². The topological polar surface area (TPSA) is 60.5 Å². The van der Waals surface area contributed by atoms with E-state index in [0.717, 1.165) is 11.3 Å². The van der Waals surface area contributed by atoms with E-state index in [1.165, 1.54) is 0 Å². The van der Waals surface area contributed by atoms with Crippen LogP contribution >= 0.6 is 23.2 Å². The van der Waals surface area contributed by atoms with Crippen LogP contribution in [0.4, 0.5) is 5.69 Å². The quantitative estimate of drug-likeness (QED) is 0.635. The van der Waals surface area contributed by atoms with Gasteiger partial charge in [-0.05, 0) is 49.7 Å². The molecule has 0 aliphatic heterocycles. The Morgan fingerprint density at radius 1 is 1.11 bits per heavy atom. The van der Waals surface area contributed by atoms with Crippen LogP contribution in [-0.4, -0.2) is 24.6 Å². The molecule has 1 heterocycles. The minimum Gasteiger partial charge on any atom is -0.495 e. The van der Waals surface area contributed by atoms with Crippen molar-refractivity contribution in [3.63, 3.8) is 0 Å². The van der Waals surface area contributed by atoms with Gasteiger partial charge in [-0.25, -0.2) is 4.98 Å². The number of methoxy groups -OCH3 is 1. The third-order valence-corrected chi connectivity index (χ3v) is 4.55. The molecule has 0 unspecified atom stereocenters. The number of carbonyl (C=O) groups excluding carboxylic acids is 1. The van der Waals surface area contributed by atoms with Crippen molar-refractivity contribution in [3.05, 3.63) is 57.7 Å². The second-order valence-electron chi connectivity index (χ2n) is 6.06. The molecule has 0 fully saturated rings. The van der Waals surface area contributed by atoms with Crippen LogP contribution in [0.25, 0.3) is 10.9 Å². The predicted molar refractivity (Wildman–Crippen MR) is 108 cm³/mol. The maximum Gasteiger partial charge on any atom is 0.262 e. The monoisotopic (exact) mass is 404 g/mol. The third kappa shape index (κ3) is 4.26. The Bertz CT molecular complexity index is 1020. The van der Waals surface area contributed by atoms with Crippen molar-refractivity contribution in [3.8, 4) is 11.5 Å². The number of benzene rings is 2. The van der Waals surface area contributed by atoms with Crippen LogP contribution in [-0.2, 0) is 4.79 Å². The van der Waals surface area contributed by atoms with Gasteiger partial charge in [-0.3, -0.25) is 4.79 Å². The Balaban J connectivity index is 1.82. The van der Waals surface area contributed by atoms with E-state index in [4.69, 9.17) is 32.7 Å². The first-order chi connectivity index (χ1) is 12.9. The average Bonchev–Trinajstić information content (AvgIpc) is 2.61. The third-order valence-electron chi connectivity index (χ3n) is 3.95. The van der Waals surface area contributed by atoms with Crippen molar-refractivity contribution in [2.45, 2.75) is 13.8 Å². The van der Waals surface area contributed by atoms with Crippen molar-refractivity contribution in [1.82, 2.24) is 4.98 Å². The number of aromatic nitrogens is 1. The summed E-state index contributed by atoms with van der Waals surface area (Å²) in [6, 6.07) is 10.8. The first-order valence-electron chi connectivity index (χ1n) is 8.21. The Labute approximate surface area is 167 Å². The molecule has 140 valence electrons. The fourth-order valence-electron chi connectivity index (χ4n) is 2.67. The minimum absolute atomic E-state index is 0.233. The zero-order chi connectivity index (χ0) is 19.6. The molecule has 0 saturated carbocycles. The van der Waals surface area contributed by atoms with Gasteiger partial charge in [0.2, 0.25) is 0 Å². The van der Waals surface area contributed by atoms with Gasteiger partial charge in [0.25, 0.3) is 5.91 Å². The molecule has 0 saturated heterocycles. The molecule has 0 aliphatic rings. The van der Waals surface area contributed by atoms with E-state index in [0.29, 0.717) is 38.1 Å². The number of anilines is 1. The van der Waals surface area contributed by atoms with E-state index in [1.807, 2.05) is 38.1 Å². The number of carbonyl (C=O) groups is 1. The summed E-state index contributed by atoms with van der Waals surface area (Å²) < 4.78 is 11.0. The van der Waals surface area contributed by atoms with E-state index < -0.39 is 0 Å². The Hall–Kier alpha value is -2.50. The first-order valence-corrected chi connectivity index (χ1v) is 8.97. The lowest BCUT2D eigenvalue weighted by molar-refractivity contribution is -0.118. The minimum atomic E-state index is -0.342. The molecule has 3 rings (SSSR count). The number of fused-ring (bicyclic) bond motifs is 1. The van der Waals surface area contributed by atoms with Crippen molar-refractivity contribution < 1.29 is 14.3 Å². The molecule has 1 N–H and O–H groups in total. The molecule has 0 aliphatic carbocycles.